The molecule has 0 bridgehead atoms. The van der Waals surface area contributed by atoms with E-state index in [1.165, 1.54) is 16.8 Å². The van der Waals surface area contributed by atoms with Gasteiger partial charge in [0.1, 0.15) is 17.2 Å². The summed E-state index contributed by atoms with van der Waals surface area (Å²) in [5.74, 6) is -0.0149. The first-order valence-electron chi connectivity index (χ1n) is 10.5. The Morgan fingerprint density at radius 2 is 1.83 bits per heavy atom. The third-order valence-corrected chi connectivity index (χ3v) is 6.50. The molecule has 0 radical (unpaired) electrons. The Morgan fingerprint density at radius 3 is 2.57 bits per heavy atom. The van der Waals surface area contributed by atoms with E-state index in [2.05, 4.69) is 46.8 Å². The van der Waals surface area contributed by atoms with Crippen molar-refractivity contribution in [2.24, 2.45) is 0 Å². The maximum atomic E-state index is 12.3. The van der Waals surface area contributed by atoms with Gasteiger partial charge in [0.15, 0.2) is 0 Å². The molecule has 4 rings (SSSR count). The lowest BCUT2D eigenvalue weighted by Gasteiger charge is -2.34. The minimum absolute atomic E-state index is 0.0149. The highest BCUT2D eigenvalue weighted by Gasteiger charge is 2.22. The third-order valence-electron chi connectivity index (χ3n) is 5.60. The molecule has 1 fully saturated rings. The van der Waals surface area contributed by atoms with Gasteiger partial charge in [-0.25, -0.2) is 4.98 Å². The summed E-state index contributed by atoms with van der Waals surface area (Å²) in [5.41, 5.74) is 5.80. The van der Waals surface area contributed by atoms with E-state index in [4.69, 9.17) is 4.98 Å². The predicted molar refractivity (Wildman–Crippen MR) is 123 cm³/mol. The number of amides is 1. The molecule has 3 aromatic rings. The topological polar surface area (TPSA) is 49.7 Å². The smallest absolute Gasteiger partial charge is 0.231 e. The molecular weight excluding hydrogens is 392 g/mol. The number of aromatic nitrogens is 1. The van der Waals surface area contributed by atoms with Crippen LogP contribution in [0.5, 0.6) is 0 Å². The molecule has 0 spiro atoms. The highest BCUT2D eigenvalue weighted by Crippen LogP contribution is 2.19. The first-order chi connectivity index (χ1) is 14.6. The molecule has 5 nitrogen and oxygen atoms in total. The monoisotopic (exact) mass is 421 g/mol. The van der Waals surface area contributed by atoms with E-state index in [1.807, 2.05) is 31.2 Å². The van der Waals surface area contributed by atoms with Crippen LogP contribution in [0.3, 0.4) is 0 Å². The summed E-state index contributed by atoms with van der Waals surface area (Å²) in [6.45, 7) is 9.49. The Labute approximate surface area is 182 Å². The van der Waals surface area contributed by atoms with Gasteiger partial charge in [-0.1, -0.05) is 35.9 Å². The summed E-state index contributed by atoms with van der Waals surface area (Å²) in [6, 6.07) is 16.5. The van der Waals surface area contributed by atoms with E-state index in [-0.39, 0.29) is 5.91 Å². The normalized spacial score (nSPS) is 14.7. The minimum Gasteiger partial charge on any atom is -0.360 e. The predicted octanol–water partition coefficient (Wildman–Crippen LogP) is 2.85. The summed E-state index contributed by atoms with van der Waals surface area (Å²) in [6.07, 6.45) is 0.328. The highest BCUT2D eigenvalue weighted by molar-refractivity contribution is 7.09. The van der Waals surface area contributed by atoms with E-state index in [0.717, 1.165) is 49.1 Å². The molecule has 0 saturated carbocycles. The molecule has 0 unspecified atom stereocenters. The quantitative estimate of drug-likeness (QED) is 0.644. The fourth-order valence-corrected chi connectivity index (χ4v) is 4.70. The number of aryl methyl sites for hydroxylation is 2. The molecule has 1 saturated heterocycles. The van der Waals surface area contributed by atoms with Crippen molar-refractivity contribution < 1.29 is 9.69 Å². The van der Waals surface area contributed by atoms with Gasteiger partial charge in [0.25, 0.3) is 0 Å². The van der Waals surface area contributed by atoms with Crippen molar-refractivity contribution in [2.75, 3.05) is 36.4 Å². The molecular formula is C24H29N4OS+. The molecule has 1 aromatic heterocycles. The van der Waals surface area contributed by atoms with E-state index in [9.17, 15) is 4.79 Å². The SMILES string of the molecule is Cc1ccc(NC(=O)Cc2nc(C[NH+]3CCN(c4ccccc4C)CC3)cs2)cc1. The van der Waals surface area contributed by atoms with Gasteiger partial charge in [-0.3, -0.25) is 4.79 Å². The number of hydrogen-bond donors (Lipinski definition) is 2. The van der Waals surface area contributed by atoms with Crippen LogP contribution in [0.1, 0.15) is 21.8 Å². The fraction of sp³-hybridized carbons (Fsp3) is 0.333. The lowest BCUT2D eigenvalue weighted by atomic mass is 10.1. The Hall–Kier alpha value is -2.70. The molecule has 0 aliphatic carbocycles. The average molecular weight is 422 g/mol. The van der Waals surface area contributed by atoms with Crippen molar-refractivity contribution in [1.29, 1.82) is 0 Å². The highest BCUT2D eigenvalue weighted by atomic mass is 32.1. The van der Waals surface area contributed by atoms with Gasteiger partial charge >= 0.3 is 0 Å². The van der Waals surface area contributed by atoms with Gasteiger partial charge in [0.2, 0.25) is 5.91 Å². The molecule has 2 N–H and O–H groups in total. The third kappa shape index (κ3) is 5.26. The Kier molecular flexibility index (Phi) is 6.45. The van der Waals surface area contributed by atoms with Gasteiger partial charge in [0, 0.05) is 16.8 Å². The van der Waals surface area contributed by atoms with E-state index < -0.39 is 0 Å². The second-order valence-electron chi connectivity index (χ2n) is 8.02. The van der Waals surface area contributed by atoms with Crippen LogP contribution in [-0.4, -0.2) is 37.1 Å². The van der Waals surface area contributed by atoms with Crippen LogP contribution in [0.4, 0.5) is 11.4 Å². The van der Waals surface area contributed by atoms with Crippen molar-refractivity contribution in [3.8, 4) is 0 Å². The molecule has 30 heavy (non-hydrogen) atoms. The average Bonchev–Trinajstić information content (AvgIpc) is 3.17. The number of piperazine rings is 1. The summed E-state index contributed by atoms with van der Waals surface area (Å²) >= 11 is 1.58. The van der Waals surface area contributed by atoms with Crippen molar-refractivity contribution in [1.82, 2.24) is 4.98 Å². The number of para-hydroxylation sites is 1. The molecule has 6 heteroatoms. The van der Waals surface area contributed by atoms with Crippen LogP contribution in [-0.2, 0) is 17.8 Å². The Bertz CT molecular complexity index is 990. The van der Waals surface area contributed by atoms with Gasteiger partial charge < -0.3 is 15.1 Å². The minimum atomic E-state index is -0.0149. The van der Waals surface area contributed by atoms with Crippen LogP contribution in [0.2, 0.25) is 0 Å². The van der Waals surface area contributed by atoms with Gasteiger partial charge in [-0.2, -0.15) is 0 Å². The van der Waals surface area contributed by atoms with Crippen LogP contribution in [0, 0.1) is 13.8 Å². The molecule has 1 aliphatic rings. The standard InChI is InChI=1S/C24H28N4OS/c1-18-7-9-20(10-8-18)25-23(29)15-24-26-21(17-30-24)16-27-11-13-28(14-12-27)22-6-4-3-5-19(22)2/h3-10,17H,11-16H2,1-2H3,(H,25,29)/p+1. The Balaban J connectivity index is 1.26. The number of carbonyl (C=O) groups is 1. The lowest BCUT2D eigenvalue weighted by Crippen LogP contribution is -3.13. The van der Waals surface area contributed by atoms with Gasteiger partial charge in [-0.05, 0) is 37.6 Å². The summed E-state index contributed by atoms with van der Waals surface area (Å²) in [4.78, 5) is 21.1. The van der Waals surface area contributed by atoms with Crippen molar-refractivity contribution in [2.45, 2.75) is 26.8 Å². The van der Waals surface area contributed by atoms with Gasteiger partial charge in [-0.15, -0.1) is 11.3 Å². The van der Waals surface area contributed by atoms with Crippen molar-refractivity contribution >= 4 is 28.6 Å². The summed E-state index contributed by atoms with van der Waals surface area (Å²) in [7, 11) is 0. The van der Waals surface area contributed by atoms with Crippen LogP contribution in [0.25, 0.3) is 0 Å². The molecule has 1 aliphatic heterocycles. The second-order valence-corrected chi connectivity index (χ2v) is 8.97. The Morgan fingerprint density at radius 1 is 1.10 bits per heavy atom. The van der Waals surface area contributed by atoms with E-state index in [0.29, 0.717) is 6.42 Å². The maximum Gasteiger partial charge on any atom is 0.231 e. The van der Waals surface area contributed by atoms with Crippen LogP contribution >= 0.6 is 11.3 Å². The number of rotatable bonds is 6. The van der Waals surface area contributed by atoms with Crippen molar-refractivity contribution in [3.05, 3.63) is 75.7 Å². The first kappa shape index (κ1) is 20.6. The molecule has 2 aromatic carbocycles. The van der Waals surface area contributed by atoms with E-state index >= 15 is 0 Å². The molecule has 0 atom stereocenters. The van der Waals surface area contributed by atoms with Gasteiger partial charge in [0.05, 0.1) is 32.6 Å². The molecule has 2 heterocycles. The zero-order valence-corrected chi connectivity index (χ0v) is 18.5. The zero-order valence-electron chi connectivity index (χ0n) is 17.6. The largest absolute Gasteiger partial charge is 0.360 e. The second kappa shape index (κ2) is 9.41. The zero-order chi connectivity index (χ0) is 20.9. The summed E-state index contributed by atoms with van der Waals surface area (Å²) < 4.78 is 0. The van der Waals surface area contributed by atoms with Crippen LogP contribution in [0.15, 0.2) is 53.9 Å². The number of thiazole rings is 1. The number of anilines is 2. The number of hydrogen-bond acceptors (Lipinski definition) is 4. The lowest BCUT2D eigenvalue weighted by molar-refractivity contribution is -0.914. The molecule has 156 valence electrons. The number of carbonyl (C=O) groups excluding carboxylic acids is 1. The number of quaternary nitrogens is 1. The van der Waals surface area contributed by atoms with Crippen LogP contribution < -0.4 is 15.1 Å². The van der Waals surface area contributed by atoms with Crippen molar-refractivity contribution in [3.63, 3.8) is 0 Å². The number of nitrogens with zero attached hydrogens (tertiary/aromatic N) is 2. The molecule has 1 amide bonds. The summed E-state index contributed by atoms with van der Waals surface area (Å²) in [5, 5.41) is 5.94. The number of nitrogens with one attached hydrogen (secondary N) is 2. The van der Waals surface area contributed by atoms with E-state index in [1.54, 1.807) is 16.2 Å². The fourth-order valence-electron chi connectivity index (χ4n) is 3.91. The first-order valence-corrected chi connectivity index (χ1v) is 11.4. The maximum absolute atomic E-state index is 12.3. The number of benzene rings is 2.